The second kappa shape index (κ2) is 9.99. The van der Waals surface area contributed by atoms with Gasteiger partial charge in [0.1, 0.15) is 17.7 Å². The zero-order valence-electron chi connectivity index (χ0n) is 18.7. The molecule has 0 radical (unpaired) electrons. The van der Waals surface area contributed by atoms with Crippen LogP contribution in [0.1, 0.15) is 27.8 Å². The molecule has 1 aromatic carbocycles. The first-order valence-corrected chi connectivity index (χ1v) is 11.5. The molecule has 1 saturated heterocycles. The van der Waals surface area contributed by atoms with E-state index in [0.717, 1.165) is 56.1 Å². The van der Waals surface area contributed by atoms with Crippen molar-refractivity contribution in [3.05, 3.63) is 82.7 Å². The first kappa shape index (κ1) is 21.4. The van der Waals surface area contributed by atoms with Gasteiger partial charge in [0.25, 0.3) is 0 Å². The third-order valence-corrected chi connectivity index (χ3v) is 6.30. The largest absolute Gasteiger partial charge is 0.378 e. The average Bonchev–Trinajstić information content (AvgIpc) is 2.88. The summed E-state index contributed by atoms with van der Waals surface area (Å²) < 4.78 is 5.59. The Morgan fingerprint density at radius 2 is 1.82 bits per heavy atom. The molecule has 0 saturated carbocycles. The fraction of sp³-hybridized carbons (Fsp3) is 0.346. The average molecular weight is 441 g/mol. The maximum atomic E-state index is 10.1. The number of benzene rings is 1. The Balaban J connectivity index is 1.48. The molecule has 2 aliphatic rings. The molecule has 7 heteroatoms. The molecule has 0 amide bonds. The quantitative estimate of drug-likeness (QED) is 0.630. The van der Waals surface area contributed by atoms with Crippen molar-refractivity contribution in [2.24, 2.45) is 0 Å². The number of nitrogens with one attached hydrogen (secondary N) is 1. The highest BCUT2D eigenvalue weighted by molar-refractivity contribution is 5.67. The number of anilines is 2. The van der Waals surface area contributed by atoms with Crippen molar-refractivity contribution < 1.29 is 4.74 Å². The van der Waals surface area contributed by atoms with Crippen LogP contribution in [0.3, 0.4) is 0 Å². The Hall–Kier alpha value is -3.47. The molecule has 5 rings (SSSR count). The van der Waals surface area contributed by atoms with E-state index in [9.17, 15) is 5.26 Å². The highest BCUT2D eigenvalue weighted by Gasteiger charge is 2.28. The van der Waals surface area contributed by atoms with E-state index in [1.165, 1.54) is 11.1 Å². The zero-order chi connectivity index (χ0) is 22.5. The normalized spacial score (nSPS) is 16.2. The molecule has 4 heterocycles. The summed E-state index contributed by atoms with van der Waals surface area (Å²) in [7, 11) is 0. The van der Waals surface area contributed by atoms with E-state index < -0.39 is 0 Å². The van der Waals surface area contributed by atoms with Crippen molar-refractivity contribution in [1.29, 1.82) is 5.26 Å². The van der Waals surface area contributed by atoms with E-state index in [-0.39, 0.29) is 0 Å². The second-order valence-corrected chi connectivity index (χ2v) is 8.49. The van der Waals surface area contributed by atoms with Crippen molar-refractivity contribution >= 4 is 11.6 Å². The monoisotopic (exact) mass is 440 g/mol. The summed E-state index contributed by atoms with van der Waals surface area (Å²) >= 11 is 0. The minimum atomic E-state index is 0.580. The van der Waals surface area contributed by atoms with Gasteiger partial charge in [-0.25, -0.2) is 4.98 Å². The highest BCUT2D eigenvalue weighted by atomic mass is 16.5. The van der Waals surface area contributed by atoms with Gasteiger partial charge in [-0.1, -0.05) is 36.4 Å². The number of ether oxygens (including phenoxy) is 1. The van der Waals surface area contributed by atoms with E-state index in [1.54, 1.807) is 6.20 Å². The van der Waals surface area contributed by atoms with Gasteiger partial charge < -0.3 is 15.0 Å². The predicted octanol–water partition coefficient (Wildman–Crippen LogP) is 3.36. The van der Waals surface area contributed by atoms with E-state index in [2.05, 4.69) is 56.5 Å². The van der Waals surface area contributed by atoms with Gasteiger partial charge >= 0.3 is 0 Å². The van der Waals surface area contributed by atoms with E-state index in [4.69, 9.17) is 9.72 Å². The summed E-state index contributed by atoms with van der Waals surface area (Å²) in [6.45, 7) is 6.21. The van der Waals surface area contributed by atoms with Crippen LogP contribution in [0.4, 0.5) is 11.6 Å². The standard InChI is InChI=1S/C26H28N6O/c27-15-23-22-8-10-31(18-20-5-2-1-3-6-20)19-24(22)26(32-11-13-33-14-12-32)30-25(23)29-17-21-7-4-9-28-16-21/h1-7,9,16H,8,10-14,17-19H2,(H,29,30). The predicted molar refractivity (Wildman–Crippen MR) is 128 cm³/mol. The third kappa shape index (κ3) is 4.82. The van der Waals surface area contributed by atoms with Crippen molar-refractivity contribution in [2.75, 3.05) is 43.1 Å². The van der Waals surface area contributed by atoms with Gasteiger partial charge in [0.05, 0.1) is 18.8 Å². The van der Waals surface area contributed by atoms with Crippen molar-refractivity contribution in [3.8, 4) is 6.07 Å². The lowest BCUT2D eigenvalue weighted by atomic mass is 9.94. The molecular weight excluding hydrogens is 412 g/mol. The molecule has 0 unspecified atom stereocenters. The van der Waals surface area contributed by atoms with Crippen LogP contribution in [0.15, 0.2) is 54.9 Å². The number of fused-ring (bicyclic) bond motifs is 1. The number of hydrogen-bond donors (Lipinski definition) is 1. The molecule has 2 aliphatic heterocycles. The Labute approximate surface area is 194 Å². The van der Waals surface area contributed by atoms with Crippen LogP contribution in [0.2, 0.25) is 0 Å². The number of morpholine rings is 1. The highest BCUT2D eigenvalue weighted by Crippen LogP contribution is 2.34. The molecule has 0 aliphatic carbocycles. The smallest absolute Gasteiger partial charge is 0.146 e. The second-order valence-electron chi connectivity index (χ2n) is 8.49. The van der Waals surface area contributed by atoms with Crippen LogP contribution in [-0.2, 0) is 30.8 Å². The molecule has 1 N–H and O–H groups in total. The molecule has 3 aromatic rings. The van der Waals surface area contributed by atoms with Crippen molar-refractivity contribution in [1.82, 2.24) is 14.9 Å². The first-order chi connectivity index (χ1) is 16.3. The lowest BCUT2D eigenvalue weighted by molar-refractivity contribution is 0.122. The van der Waals surface area contributed by atoms with Crippen molar-refractivity contribution in [2.45, 2.75) is 26.1 Å². The van der Waals surface area contributed by atoms with E-state index >= 15 is 0 Å². The lowest BCUT2D eigenvalue weighted by Gasteiger charge is -2.35. The van der Waals surface area contributed by atoms with Gasteiger partial charge in [-0.05, 0) is 29.2 Å². The first-order valence-electron chi connectivity index (χ1n) is 11.5. The molecule has 0 atom stereocenters. The summed E-state index contributed by atoms with van der Waals surface area (Å²) in [5.74, 6) is 1.65. The summed E-state index contributed by atoms with van der Waals surface area (Å²) in [6.07, 6.45) is 4.44. The Bertz CT molecular complexity index is 1120. The van der Waals surface area contributed by atoms with Crippen molar-refractivity contribution in [3.63, 3.8) is 0 Å². The maximum Gasteiger partial charge on any atom is 0.146 e. The minimum absolute atomic E-state index is 0.580. The summed E-state index contributed by atoms with van der Waals surface area (Å²) in [5, 5.41) is 13.5. The number of nitriles is 1. The lowest BCUT2D eigenvalue weighted by Crippen LogP contribution is -2.39. The molecular formula is C26H28N6O. The van der Waals surface area contributed by atoms with Gasteiger partial charge in [-0.2, -0.15) is 5.26 Å². The van der Waals surface area contributed by atoms with Crippen LogP contribution in [-0.4, -0.2) is 47.7 Å². The maximum absolute atomic E-state index is 10.1. The minimum Gasteiger partial charge on any atom is -0.378 e. The number of aromatic nitrogens is 2. The van der Waals surface area contributed by atoms with Gasteiger partial charge in [-0.15, -0.1) is 0 Å². The molecule has 7 nitrogen and oxygen atoms in total. The van der Waals surface area contributed by atoms with Gasteiger partial charge in [-0.3, -0.25) is 9.88 Å². The number of hydrogen-bond acceptors (Lipinski definition) is 7. The van der Waals surface area contributed by atoms with Gasteiger partial charge in [0.2, 0.25) is 0 Å². The third-order valence-electron chi connectivity index (χ3n) is 6.30. The zero-order valence-corrected chi connectivity index (χ0v) is 18.7. The number of pyridine rings is 2. The van der Waals surface area contributed by atoms with Crippen LogP contribution >= 0.6 is 0 Å². The SMILES string of the molecule is N#Cc1c(NCc2cccnc2)nc(N2CCOCC2)c2c1CCN(Cc1ccccc1)C2. The van der Waals surface area contributed by atoms with Crippen LogP contribution in [0, 0.1) is 11.3 Å². The Morgan fingerprint density at radius 3 is 2.58 bits per heavy atom. The fourth-order valence-electron chi connectivity index (χ4n) is 4.62. The number of nitrogens with zero attached hydrogens (tertiary/aromatic N) is 5. The topological polar surface area (TPSA) is 77.3 Å². The Kier molecular flexibility index (Phi) is 6.47. The van der Waals surface area contributed by atoms with Gasteiger partial charge in [0, 0.05) is 57.2 Å². The molecule has 1 fully saturated rings. The van der Waals surface area contributed by atoms with Gasteiger partial charge in [0.15, 0.2) is 0 Å². The molecule has 168 valence electrons. The molecule has 2 aromatic heterocycles. The van der Waals surface area contributed by atoms with E-state index in [1.807, 2.05) is 18.3 Å². The van der Waals surface area contributed by atoms with Crippen LogP contribution < -0.4 is 10.2 Å². The summed E-state index contributed by atoms with van der Waals surface area (Å²) in [5.41, 5.74) is 5.35. The van der Waals surface area contributed by atoms with Crippen LogP contribution in [0.25, 0.3) is 0 Å². The van der Waals surface area contributed by atoms with Crippen LogP contribution in [0.5, 0.6) is 0 Å². The van der Waals surface area contributed by atoms with E-state index in [0.29, 0.717) is 31.1 Å². The molecule has 0 bridgehead atoms. The summed E-state index contributed by atoms with van der Waals surface area (Å²) in [4.78, 5) is 14.0. The molecule has 0 spiro atoms. The summed E-state index contributed by atoms with van der Waals surface area (Å²) in [6, 6.07) is 17.0. The molecule has 33 heavy (non-hydrogen) atoms. The Morgan fingerprint density at radius 1 is 1.00 bits per heavy atom. The fourth-order valence-corrected chi connectivity index (χ4v) is 4.62. The number of rotatable bonds is 6.